The van der Waals surface area contributed by atoms with E-state index in [1.54, 1.807) is 12.3 Å². The number of rotatable bonds is 9. The second-order valence-electron chi connectivity index (χ2n) is 9.25. The summed E-state index contributed by atoms with van der Waals surface area (Å²) in [7, 11) is 3.95. The molecule has 0 amide bonds. The summed E-state index contributed by atoms with van der Waals surface area (Å²) in [5, 5.41) is 5.13. The number of hydrogen-bond donors (Lipinski definition) is 0. The fourth-order valence-corrected chi connectivity index (χ4v) is 4.52. The van der Waals surface area contributed by atoms with Crippen molar-refractivity contribution in [2.45, 2.75) is 32.8 Å². The first-order valence-corrected chi connectivity index (χ1v) is 13.3. The van der Waals surface area contributed by atoms with Crippen molar-refractivity contribution in [1.82, 2.24) is 9.66 Å². The quantitative estimate of drug-likeness (QED) is 0.236. The highest BCUT2D eigenvalue weighted by atomic mass is 79.9. The van der Waals surface area contributed by atoms with E-state index in [0.29, 0.717) is 41.3 Å². The summed E-state index contributed by atoms with van der Waals surface area (Å²) in [6.45, 7) is 2.67. The fraction of sp³-hybridized carbons (Fsp3) is 0.276. The molecule has 4 aromatic rings. The number of halogens is 1. The van der Waals surface area contributed by atoms with Crippen molar-refractivity contribution in [3.63, 3.8) is 0 Å². The van der Waals surface area contributed by atoms with Gasteiger partial charge in [-0.05, 0) is 54.4 Å². The Hall–Kier alpha value is -3.85. The Kier molecular flexibility index (Phi) is 7.64. The van der Waals surface area contributed by atoms with Gasteiger partial charge >= 0.3 is 0 Å². The normalized spacial score (nSPS) is 12.4. The van der Waals surface area contributed by atoms with Crippen LogP contribution in [0, 0.1) is 0 Å². The minimum absolute atomic E-state index is 0.202. The van der Waals surface area contributed by atoms with E-state index < -0.39 is 0 Å². The van der Waals surface area contributed by atoms with Crippen molar-refractivity contribution < 1.29 is 14.2 Å². The van der Waals surface area contributed by atoms with Crippen molar-refractivity contribution in [3.05, 3.63) is 86.4 Å². The van der Waals surface area contributed by atoms with Crippen molar-refractivity contribution in [2.24, 2.45) is 5.10 Å². The molecule has 1 aliphatic heterocycles. The minimum atomic E-state index is -0.202. The summed E-state index contributed by atoms with van der Waals surface area (Å²) in [5.41, 5.74) is 3.15. The molecule has 1 aromatic heterocycles. The van der Waals surface area contributed by atoms with Gasteiger partial charge in [-0.15, -0.1) is 0 Å². The van der Waals surface area contributed by atoms with Crippen LogP contribution in [0.25, 0.3) is 10.9 Å². The maximum absolute atomic E-state index is 13.4. The van der Waals surface area contributed by atoms with Gasteiger partial charge in [-0.25, -0.2) is 4.98 Å². The van der Waals surface area contributed by atoms with E-state index in [4.69, 9.17) is 19.2 Å². The zero-order chi connectivity index (χ0) is 26.6. The highest BCUT2D eigenvalue weighted by molar-refractivity contribution is 9.10. The monoisotopic (exact) mass is 576 g/mol. The Balaban J connectivity index is 1.50. The van der Waals surface area contributed by atoms with Gasteiger partial charge in [0.2, 0.25) is 6.79 Å². The molecule has 0 fully saturated rings. The van der Waals surface area contributed by atoms with Gasteiger partial charge in [-0.1, -0.05) is 35.3 Å². The molecule has 38 heavy (non-hydrogen) atoms. The number of hydrogen-bond acceptors (Lipinski definition) is 7. The zero-order valence-electron chi connectivity index (χ0n) is 21.6. The van der Waals surface area contributed by atoms with E-state index in [9.17, 15) is 4.79 Å². The number of aromatic nitrogens is 2. The number of fused-ring (bicyclic) bond motifs is 2. The van der Waals surface area contributed by atoms with E-state index in [0.717, 1.165) is 39.9 Å². The molecule has 0 radical (unpaired) electrons. The average Bonchev–Trinajstić information content (AvgIpc) is 3.39. The minimum Gasteiger partial charge on any atom is -0.488 e. The Labute approximate surface area is 229 Å². The number of aryl methyl sites for hydroxylation is 1. The summed E-state index contributed by atoms with van der Waals surface area (Å²) < 4.78 is 19.4. The van der Waals surface area contributed by atoms with Gasteiger partial charge in [0, 0.05) is 42.3 Å². The van der Waals surface area contributed by atoms with Gasteiger partial charge in [0.1, 0.15) is 18.2 Å². The van der Waals surface area contributed by atoms with Crippen LogP contribution in [0.4, 0.5) is 5.69 Å². The number of anilines is 1. The molecule has 0 N–H and O–H groups in total. The highest BCUT2D eigenvalue weighted by Crippen LogP contribution is 2.33. The Morgan fingerprint density at radius 1 is 1.11 bits per heavy atom. The van der Waals surface area contributed by atoms with Crippen LogP contribution >= 0.6 is 15.9 Å². The molecule has 2 heterocycles. The molecule has 0 unspecified atom stereocenters. The maximum atomic E-state index is 13.4. The van der Waals surface area contributed by atoms with Crippen LogP contribution in [0.1, 0.15) is 36.7 Å². The van der Waals surface area contributed by atoms with Gasteiger partial charge in [-0.2, -0.15) is 9.78 Å². The second-order valence-corrected chi connectivity index (χ2v) is 10.2. The molecule has 0 bridgehead atoms. The molecule has 1 aliphatic rings. The van der Waals surface area contributed by atoms with E-state index in [1.807, 2.05) is 67.5 Å². The predicted molar refractivity (Wildman–Crippen MR) is 153 cm³/mol. The summed E-state index contributed by atoms with van der Waals surface area (Å²) >= 11 is 3.46. The number of nitrogens with zero attached hydrogens (tertiary/aromatic N) is 4. The Morgan fingerprint density at radius 3 is 2.76 bits per heavy atom. The van der Waals surface area contributed by atoms with E-state index in [1.165, 1.54) is 4.68 Å². The summed E-state index contributed by atoms with van der Waals surface area (Å²) in [6, 6.07) is 17.2. The van der Waals surface area contributed by atoms with Gasteiger partial charge in [0.15, 0.2) is 11.5 Å². The lowest BCUT2D eigenvalue weighted by molar-refractivity contribution is 0.174. The SMILES string of the molecule is CCCCc1nc2ccc(Br)cc2c(=O)n1N=Cc1ccc(N(C)C)cc1OCc1ccc2c(c1)OCO2. The molecule has 5 rings (SSSR count). The molecule has 0 atom stereocenters. The van der Waals surface area contributed by atoms with Crippen LogP contribution in [0.3, 0.4) is 0 Å². The molecule has 0 saturated heterocycles. The molecule has 8 nitrogen and oxygen atoms in total. The van der Waals surface area contributed by atoms with Crippen molar-refractivity contribution in [1.29, 1.82) is 0 Å². The third kappa shape index (κ3) is 5.52. The predicted octanol–water partition coefficient (Wildman–Crippen LogP) is 5.76. The molecular weight excluding hydrogens is 548 g/mol. The number of ether oxygens (including phenoxy) is 3. The van der Waals surface area contributed by atoms with E-state index in [2.05, 4.69) is 28.0 Å². The Bertz CT molecular complexity index is 1560. The Morgan fingerprint density at radius 2 is 1.95 bits per heavy atom. The zero-order valence-corrected chi connectivity index (χ0v) is 23.2. The second kappa shape index (κ2) is 11.3. The number of unbranched alkanes of at least 4 members (excludes halogenated alkanes) is 1. The van der Waals surface area contributed by atoms with Crippen molar-refractivity contribution in [3.8, 4) is 17.2 Å². The molecule has 0 spiro atoms. The lowest BCUT2D eigenvalue weighted by atomic mass is 10.1. The van der Waals surface area contributed by atoms with Crippen molar-refractivity contribution in [2.75, 3.05) is 25.8 Å². The van der Waals surface area contributed by atoms with Crippen LogP contribution in [-0.2, 0) is 13.0 Å². The van der Waals surface area contributed by atoms with Crippen LogP contribution in [0.5, 0.6) is 17.2 Å². The average molecular weight is 577 g/mol. The largest absolute Gasteiger partial charge is 0.488 e. The van der Waals surface area contributed by atoms with Gasteiger partial charge in [-0.3, -0.25) is 4.79 Å². The summed E-state index contributed by atoms with van der Waals surface area (Å²) in [4.78, 5) is 20.2. The highest BCUT2D eigenvalue weighted by Gasteiger charge is 2.15. The molecular formula is C29H29BrN4O4. The van der Waals surface area contributed by atoms with Gasteiger partial charge < -0.3 is 19.1 Å². The van der Waals surface area contributed by atoms with Crippen LogP contribution in [0.2, 0.25) is 0 Å². The smallest absolute Gasteiger partial charge is 0.282 e. The third-order valence-corrected chi connectivity index (χ3v) is 6.78. The summed E-state index contributed by atoms with van der Waals surface area (Å²) in [6.07, 6.45) is 4.21. The standard InChI is InChI=1S/C29H29BrN4O4/c1-4-5-6-28-32-24-11-9-21(30)14-23(24)29(35)34(28)31-16-20-8-10-22(33(2)3)15-26(20)36-17-19-7-12-25-27(13-19)38-18-37-25/h7-16H,4-6,17-18H2,1-3H3. The summed E-state index contributed by atoms with van der Waals surface area (Å²) in [5.74, 6) is 2.73. The molecule has 0 saturated carbocycles. The van der Waals surface area contributed by atoms with Crippen LogP contribution in [-0.4, -0.2) is 36.8 Å². The van der Waals surface area contributed by atoms with E-state index >= 15 is 0 Å². The lowest BCUT2D eigenvalue weighted by Gasteiger charge is -2.16. The third-order valence-electron chi connectivity index (χ3n) is 6.29. The first-order valence-electron chi connectivity index (χ1n) is 12.5. The van der Waals surface area contributed by atoms with Gasteiger partial charge in [0.25, 0.3) is 5.56 Å². The molecule has 196 valence electrons. The lowest BCUT2D eigenvalue weighted by Crippen LogP contribution is -2.22. The van der Waals surface area contributed by atoms with Crippen molar-refractivity contribution >= 4 is 38.7 Å². The first-order chi connectivity index (χ1) is 18.4. The van der Waals surface area contributed by atoms with E-state index in [-0.39, 0.29) is 12.4 Å². The van der Waals surface area contributed by atoms with Gasteiger partial charge in [0.05, 0.1) is 17.1 Å². The van der Waals surface area contributed by atoms with Crippen LogP contribution < -0.4 is 24.7 Å². The fourth-order valence-electron chi connectivity index (χ4n) is 4.16. The topological polar surface area (TPSA) is 78.2 Å². The number of benzene rings is 3. The molecule has 9 heteroatoms. The molecule has 0 aliphatic carbocycles. The molecule has 3 aromatic carbocycles. The first kappa shape index (κ1) is 25.8. The van der Waals surface area contributed by atoms with Crippen LogP contribution in [0.15, 0.2) is 69.0 Å². The maximum Gasteiger partial charge on any atom is 0.282 e.